The van der Waals surface area contributed by atoms with E-state index in [2.05, 4.69) is 20.0 Å². The number of nitrogens with zero attached hydrogens (tertiary/aromatic N) is 2. The van der Waals surface area contributed by atoms with Gasteiger partial charge < -0.3 is 10.1 Å². The Kier molecular flexibility index (Phi) is 5.04. The zero-order chi connectivity index (χ0) is 18.7. The number of pyridine rings is 1. The zero-order valence-electron chi connectivity index (χ0n) is 13.9. The van der Waals surface area contributed by atoms with Gasteiger partial charge in [0.2, 0.25) is 0 Å². The lowest BCUT2D eigenvalue weighted by atomic mass is 10.1. The lowest BCUT2D eigenvalue weighted by Gasteiger charge is -2.07. The van der Waals surface area contributed by atoms with E-state index in [0.717, 1.165) is 5.56 Å². The first-order valence-electron chi connectivity index (χ1n) is 7.56. The Labute approximate surface area is 152 Å². The van der Waals surface area contributed by atoms with Crippen molar-refractivity contribution in [2.24, 2.45) is 0 Å². The maximum atomic E-state index is 14.1. The summed E-state index contributed by atoms with van der Waals surface area (Å²) in [6.07, 6.45) is 2.77. The minimum Gasteiger partial charge on any atom is -0.465 e. The predicted octanol–water partition coefficient (Wildman–Crippen LogP) is 3.69. The summed E-state index contributed by atoms with van der Waals surface area (Å²) in [5.41, 5.74) is 1.60. The molecular formula is C18H14FN3O3S. The minimum absolute atomic E-state index is 0.118. The van der Waals surface area contributed by atoms with Crippen molar-refractivity contribution < 1.29 is 18.7 Å². The molecule has 0 bridgehead atoms. The topological polar surface area (TPSA) is 81.2 Å². The van der Waals surface area contributed by atoms with Crippen molar-refractivity contribution >= 4 is 28.9 Å². The monoisotopic (exact) mass is 371 g/mol. The number of rotatable bonds is 4. The van der Waals surface area contributed by atoms with Gasteiger partial charge in [-0.05, 0) is 24.6 Å². The number of aromatic nitrogens is 2. The summed E-state index contributed by atoms with van der Waals surface area (Å²) in [5, 5.41) is 4.52. The third-order valence-electron chi connectivity index (χ3n) is 3.65. The molecule has 0 aliphatic heterocycles. The predicted molar refractivity (Wildman–Crippen MR) is 95.8 cm³/mol. The first-order valence-corrected chi connectivity index (χ1v) is 8.44. The van der Waals surface area contributed by atoms with Crippen molar-refractivity contribution in [1.29, 1.82) is 0 Å². The Morgan fingerprint density at radius 1 is 1.27 bits per heavy atom. The third-order valence-corrected chi connectivity index (χ3v) is 4.51. The van der Waals surface area contributed by atoms with Gasteiger partial charge in [-0.3, -0.25) is 9.78 Å². The molecule has 0 saturated carbocycles. The Balaban J connectivity index is 1.87. The molecule has 1 aromatic carbocycles. The van der Waals surface area contributed by atoms with E-state index in [1.165, 1.54) is 48.4 Å². The molecule has 3 rings (SSSR count). The van der Waals surface area contributed by atoms with Crippen LogP contribution in [0.15, 0.2) is 42.0 Å². The van der Waals surface area contributed by atoms with E-state index in [1.54, 1.807) is 19.1 Å². The molecule has 26 heavy (non-hydrogen) atoms. The number of methoxy groups -OCH3 is 1. The first kappa shape index (κ1) is 17.7. The molecule has 0 spiro atoms. The molecule has 1 amide bonds. The van der Waals surface area contributed by atoms with Crippen LogP contribution in [0.1, 0.15) is 26.4 Å². The molecule has 2 heterocycles. The Bertz CT molecular complexity index is 967. The average molecular weight is 371 g/mol. The van der Waals surface area contributed by atoms with Crippen LogP contribution in [-0.2, 0) is 4.74 Å². The highest BCUT2D eigenvalue weighted by Crippen LogP contribution is 2.29. The number of esters is 1. The molecule has 8 heteroatoms. The lowest BCUT2D eigenvalue weighted by molar-refractivity contribution is 0.0602. The molecule has 132 valence electrons. The zero-order valence-corrected chi connectivity index (χ0v) is 14.8. The van der Waals surface area contributed by atoms with Crippen LogP contribution < -0.4 is 5.32 Å². The van der Waals surface area contributed by atoms with Crippen LogP contribution in [-0.4, -0.2) is 29.0 Å². The minimum atomic E-state index is -0.594. The molecule has 0 aliphatic rings. The van der Waals surface area contributed by atoms with E-state index in [-0.39, 0.29) is 16.9 Å². The number of anilines is 1. The second-order valence-electron chi connectivity index (χ2n) is 5.34. The fraction of sp³-hybridized carbons (Fsp3) is 0.111. The molecule has 6 nitrogen and oxygen atoms in total. The van der Waals surface area contributed by atoms with E-state index in [1.807, 2.05) is 0 Å². The summed E-state index contributed by atoms with van der Waals surface area (Å²) in [5.74, 6) is -1.52. The molecule has 0 atom stereocenters. The van der Waals surface area contributed by atoms with Gasteiger partial charge in [0.25, 0.3) is 5.91 Å². The standard InChI is InChI=1S/C18H14FN3O3S/c1-10-4-3-5-12(19)15(10)17-22-14(9-26-17)16(23)21-13-8-20-7-6-11(13)18(24)25-2/h3-9H,1-2H3,(H,21,23). The number of ether oxygens (including phenoxy) is 1. The first-order chi connectivity index (χ1) is 12.5. The number of halogens is 1. The fourth-order valence-electron chi connectivity index (χ4n) is 2.36. The van der Waals surface area contributed by atoms with Gasteiger partial charge in [0.15, 0.2) is 0 Å². The Morgan fingerprint density at radius 3 is 2.81 bits per heavy atom. The van der Waals surface area contributed by atoms with Crippen LogP contribution in [0.25, 0.3) is 10.6 Å². The average Bonchev–Trinajstić information content (AvgIpc) is 3.11. The number of carbonyl (C=O) groups excluding carboxylic acids is 2. The normalized spacial score (nSPS) is 10.4. The van der Waals surface area contributed by atoms with Gasteiger partial charge in [-0.15, -0.1) is 11.3 Å². The number of thiazole rings is 1. The number of amides is 1. The molecule has 0 radical (unpaired) electrons. The van der Waals surface area contributed by atoms with E-state index in [4.69, 9.17) is 0 Å². The number of benzene rings is 1. The molecular weight excluding hydrogens is 357 g/mol. The molecule has 0 saturated heterocycles. The molecule has 2 aromatic heterocycles. The smallest absolute Gasteiger partial charge is 0.340 e. The van der Waals surface area contributed by atoms with Crippen molar-refractivity contribution in [3.8, 4) is 10.6 Å². The third kappa shape index (κ3) is 3.45. The Morgan fingerprint density at radius 2 is 2.08 bits per heavy atom. The van der Waals surface area contributed by atoms with Crippen molar-refractivity contribution in [3.63, 3.8) is 0 Å². The van der Waals surface area contributed by atoms with Crippen LogP contribution in [0, 0.1) is 12.7 Å². The summed E-state index contributed by atoms with van der Waals surface area (Å²) in [6.45, 7) is 1.78. The number of hydrogen-bond donors (Lipinski definition) is 1. The van der Waals surface area contributed by atoms with E-state index in [9.17, 15) is 14.0 Å². The molecule has 1 N–H and O–H groups in total. The summed E-state index contributed by atoms with van der Waals surface area (Å²) in [6, 6.07) is 6.18. The highest BCUT2D eigenvalue weighted by molar-refractivity contribution is 7.13. The molecule has 0 unspecified atom stereocenters. The van der Waals surface area contributed by atoms with Gasteiger partial charge in [-0.2, -0.15) is 0 Å². The number of aryl methyl sites for hydroxylation is 1. The molecule has 3 aromatic rings. The van der Waals surface area contributed by atoms with Gasteiger partial charge >= 0.3 is 5.97 Å². The SMILES string of the molecule is COC(=O)c1ccncc1NC(=O)c1csc(-c2c(C)cccc2F)n1. The summed E-state index contributed by atoms with van der Waals surface area (Å²) >= 11 is 1.17. The van der Waals surface area contributed by atoms with E-state index in [0.29, 0.717) is 10.6 Å². The quantitative estimate of drug-likeness (QED) is 0.708. The van der Waals surface area contributed by atoms with Crippen LogP contribution in [0.3, 0.4) is 0 Å². The highest BCUT2D eigenvalue weighted by atomic mass is 32.1. The fourth-order valence-corrected chi connectivity index (χ4v) is 3.27. The van der Waals surface area contributed by atoms with Crippen LogP contribution in [0.4, 0.5) is 10.1 Å². The highest BCUT2D eigenvalue weighted by Gasteiger charge is 2.18. The summed E-state index contributed by atoms with van der Waals surface area (Å²) in [4.78, 5) is 32.3. The van der Waals surface area contributed by atoms with Crippen molar-refractivity contribution in [3.05, 3.63) is 64.7 Å². The van der Waals surface area contributed by atoms with Crippen LogP contribution >= 0.6 is 11.3 Å². The number of hydrogen-bond acceptors (Lipinski definition) is 6. The van der Waals surface area contributed by atoms with Gasteiger partial charge in [0, 0.05) is 17.1 Å². The Hall–Kier alpha value is -3.13. The van der Waals surface area contributed by atoms with Crippen molar-refractivity contribution in [1.82, 2.24) is 9.97 Å². The second-order valence-corrected chi connectivity index (χ2v) is 6.19. The molecule has 0 aliphatic carbocycles. The summed E-state index contributed by atoms with van der Waals surface area (Å²) < 4.78 is 18.8. The van der Waals surface area contributed by atoms with Gasteiger partial charge in [0.05, 0.1) is 24.6 Å². The largest absolute Gasteiger partial charge is 0.465 e. The number of carbonyl (C=O) groups is 2. The number of nitrogens with one attached hydrogen (secondary N) is 1. The van der Waals surface area contributed by atoms with Gasteiger partial charge in [-0.1, -0.05) is 12.1 Å². The van der Waals surface area contributed by atoms with E-state index < -0.39 is 17.7 Å². The van der Waals surface area contributed by atoms with Crippen LogP contribution in [0.5, 0.6) is 0 Å². The maximum absolute atomic E-state index is 14.1. The van der Waals surface area contributed by atoms with Crippen molar-refractivity contribution in [2.45, 2.75) is 6.92 Å². The van der Waals surface area contributed by atoms with Crippen LogP contribution in [0.2, 0.25) is 0 Å². The van der Waals surface area contributed by atoms with Gasteiger partial charge in [0.1, 0.15) is 16.5 Å². The van der Waals surface area contributed by atoms with Crippen molar-refractivity contribution in [2.75, 3.05) is 12.4 Å². The second kappa shape index (κ2) is 7.40. The maximum Gasteiger partial charge on any atom is 0.340 e. The van der Waals surface area contributed by atoms with Gasteiger partial charge in [-0.25, -0.2) is 14.2 Å². The summed E-state index contributed by atoms with van der Waals surface area (Å²) in [7, 11) is 1.25. The molecule has 0 fully saturated rings. The lowest BCUT2D eigenvalue weighted by Crippen LogP contribution is -2.16. The van der Waals surface area contributed by atoms with E-state index >= 15 is 0 Å².